The summed E-state index contributed by atoms with van der Waals surface area (Å²) >= 11 is 0. The average Bonchev–Trinajstić information content (AvgIpc) is 3.46. The van der Waals surface area contributed by atoms with Crippen LogP contribution in [0.1, 0.15) is 68.5 Å². The molecular formula is C34H39N5O2. The van der Waals surface area contributed by atoms with Crippen molar-refractivity contribution < 1.29 is 9.47 Å². The summed E-state index contributed by atoms with van der Waals surface area (Å²) in [5.74, 6) is 5.52. The minimum absolute atomic E-state index is 0.187. The number of nitrogens with zero attached hydrogens (tertiary/aromatic N) is 4. The first-order chi connectivity index (χ1) is 20.1. The van der Waals surface area contributed by atoms with Crippen LogP contribution < -0.4 is 10.5 Å². The summed E-state index contributed by atoms with van der Waals surface area (Å²) in [7, 11) is 0. The minimum atomic E-state index is 0.187. The number of ether oxygens (including phenoxy) is 2. The molecule has 0 radical (unpaired) electrons. The van der Waals surface area contributed by atoms with Crippen molar-refractivity contribution in [2.24, 2.45) is 23.7 Å². The summed E-state index contributed by atoms with van der Waals surface area (Å²) in [5, 5.41) is 10.6. The number of benzene rings is 2. The van der Waals surface area contributed by atoms with Crippen LogP contribution in [-0.2, 0) is 16.7 Å². The fraction of sp³-hybridized carbons (Fsp3) is 0.500. The Kier molecular flexibility index (Phi) is 6.24. The largest absolute Gasteiger partial charge is 0.457 e. The molecule has 0 spiro atoms. The van der Waals surface area contributed by atoms with E-state index in [2.05, 4.69) is 23.0 Å². The number of hydrogen-bond acceptors (Lipinski definition) is 6. The molecule has 2 aromatic carbocycles. The van der Waals surface area contributed by atoms with Crippen molar-refractivity contribution in [3.63, 3.8) is 0 Å². The molecule has 3 heterocycles. The fourth-order valence-electron chi connectivity index (χ4n) is 9.01. The van der Waals surface area contributed by atoms with Gasteiger partial charge in [0.15, 0.2) is 0 Å². The highest BCUT2D eigenvalue weighted by molar-refractivity contribution is 5.83. The second kappa shape index (κ2) is 10.1. The number of fused-ring (bicyclic) bond motifs is 1. The number of anilines is 1. The Labute approximate surface area is 241 Å². The van der Waals surface area contributed by atoms with Gasteiger partial charge < -0.3 is 15.2 Å². The lowest BCUT2D eigenvalue weighted by Gasteiger charge is -2.56. The Morgan fingerprint density at radius 3 is 2.39 bits per heavy atom. The van der Waals surface area contributed by atoms with Crippen LogP contribution in [0, 0.1) is 23.7 Å². The van der Waals surface area contributed by atoms with Gasteiger partial charge in [-0.3, -0.25) is 0 Å². The molecule has 1 aliphatic heterocycles. The number of nitrogen functional groups attached to an aromatic ring is 1. The van der Waals surface area contributed by atoms with Crippen LogP contribution in [0.5, 0.6) is 11.5 Å². The fourth-order valence-corrected chi connectivity index (χ4v) is 9.01. The van der Waals surface area contributed by atoms with Gasteiger partial charge in [-0.15, -0.1) is 5.10 Å². The van der Waals surface area contributed by atoms with Gasteiger partial charge >= 0.3 is 0 Å². The molecule has 2 aromatic heterocycles. The predicted octanol–water partition coefficient (Wildman–Crippen LogP) is 6.88. The third-order valence-electron chi connectivity index (χ3n) is 10.5. The molecule has 0 amide bonds. The molecule has 9 rings (SSSR count). The Balaban J connectivity index is 1.11. The molecular weight excluding hydrogens is 510 g/mol. The maximum atomic E-state index is 6.70. The van der Waals surface area contributed by atoms with Gasteiger partial charge in [0.25, 0.3) is 0 Å². The molecule has 4 bridgehead atoms. The molecule has 212 valence electrons. The highest BCUT2D eigenvalue weighted by atomic mass is 16.5. The first kappa shape index (κ1) is 25.3. The standard InChI is InChI=1S/C34H39N5O2/c35-33-31(16-26-15-29(6-7-32(26)36-33)41-28-4-2-1-3-5-28)30(25-8-10-40-11-9-25)17-27-21-39(38-37-27)34-18-22-12-23(19-34)14-24(13-22)20-34/h1-7,15-16,21-25,30H,8-14,17-20H2,(H2,35,36). The van der Waals surface area contributed by atoms with E-state index in [0.29, 0.717) is 11.7 Å². The molecule has 4 aliphatic carbocycles. The molecule has 5 aliphatic rings. The lowest BCUT2D eigenvalue weighted by Crippen LogP contribution is -2.52. The first-order valence-electron chi connectivity index (χ1n) is 15.5. The van der Waals surface area contributed by atoms with Crippen LogP contribution in [0.2, 0.25) is 0 Å². The molecule has 5 fully saturated rings. The monoisotopic (exact) mass is 549 g/mol. The summed E-state index contributed by atoms with van der Waals surface area (Å²) < 4.78 is 14.2. The zero-order chi connectivity index (χ0) is 27.4. The lowest BCUT2D eigenvalue weighted by atomic mass is 9.53. The van der Waals surface area contributed by atoms with Crippen molar-refractivity contribution in [3.8, 4) is 11.5 Å². The summed E-state index contributed by atoms with van der Waals surface area (Å²) in [6.45, 7) is 1.58. The summed E-state index contributed by atoms with van der Waals surface area (Å²) in [6, 6.07) is 18.1. The molecule has 1 atom stereocenters. The molecule has 4 aromatic rings. The van der Waals surface area contributed by atoms with E-state index in [1.165, 1.54) is 38.5 Å². The van der Waals surface area contributed by atoms with Crippen molar-refractivity contribution in [2.45, 2.75) is 69.2 Å². The van der Waals surface area contributed by atoms with Gasteiger partial charge in [0, 0.05) is 31.2 Å². The first-order valence-corrected chi connectivity index (χ1v) is 15.5. The Morgan fingerprint density at radius 1 is 0.927 bits per heavy atom. The van der Waals surface area contributed by atoms with Gasteiger partial charge in [-0.2, -0.15) is 0 Å². The van der Waals surface area contributed by atoms with Gasteiger partial charge in [0.2, 0.25) is 0 Å². The molecule has 7 nitrogen and oxygen atoms in total. The summed E-state index contributed by atoms with van der Waals surface area (Å²) in [4.78, 5) is 4.86. The molecule has 4 saturated carbocycles. The van der Waals surface area contributed by atoms with Gasteiger partial charge in [0.05, 0.1) is 16.7 Å². The van der Waals surface area contributed by atoms with E-state index in [4.69, 9.17) is 30.5 Å². The molecule has 41 heavy (non-hydrogen) atoms. The third-order valence-corrected chi connectivity index (χ3v) is 10.5. The minimum Gasteiger partial charge on any atom is -0.457 e. The smallest absolute Gasteiger partial charge is 0.128 e. The van der Waals surface area contributed by atoms with E-state index in [0.717, 1.165) is 83.9 Å². The van der Waals surface area contributed by atoms with Crippen molar-refractivity contribution in [2.75, 3.05) is 18.9 Å². The Morgan fingerprint density at radius 2 is 1.66 bits per heavy atom. The quantitative estimate of drug-likeness (QED) is 0.270. The van der Waals surface area contributed by atoms with Crippen molar-refractivity contribution in [1.82, 2.24) is 20.0 Å². The van der Waals surface area contributed by atoms with Gasteiger partial charge in [-0.1, -0.05) is 23.4 Å². The van der Waals surface area contributed by atoms with Crippen molar-refractivity contribution in [1.29, 1.82) is 0 Å². The van der Waals surface area contributed by atoms with E-state index in [1.54, 1.807) is 0 Å². The van der Waals surface area contributed by atoms with E-state index in [1.807, 2.05) is 42.5 Å². The Bertz CT molecular complexity index is 1510. The predicted molar refractivity (Wildman–Crippen MR) is 159 cm³/mol. The third kappa shape index (κ3) is 4.78. The van der Waals surface area contributed by atoms with Crippen molar-refractivity contribution in [3.05, 3.63) is 72.1 Å². The van der Waals surface area contributed by atoms with E-state index >= 15 is 0 Å². The zero-order valence-corrected chi connectivity index (χ0v) is 23.6. The highest BCUT2D eigenvalue weighted by Gasteiger charge is 2.52. The Hall–Kier alpha value is -3.45. The summed E-state index contributed by atoms with van der Waals surface area (Å²) in [6.07, 6.45) is 13.2. The SMILES string of the molecule is Nc1nc2ccc(Oc3ccccc3)cc2cc1C(Cc1cn(C23CC4CC(CC(C4)C2)C3)nn1)C1CCOCC1. The van der Waals surface area contributed by atoms with E-state index in [-0.39, 0.29) is 11.5 Å². The maximum Gasteiger partial charge on any atom is 0.128 e. The van der Waals surface area contributed by atoms with Gasteiger partial charge in [-0.05, 0) is 123 Å². The van der Waals surface area contributed by atoms with Crippen LogP contribution in [0.25, 0.3) is 10.9 Å². The molecule has 1 unspecified atom stereocenters. The average molecular weight is 550 g/mol. The second-order valence-corrected chi connectivity index (χ2v) is 13.3. The van der Waals surface area contributed by atoms with Gasteiger partial charge in [-0.25, -0.2) is 9.67 Å². The lowest BCUT2D eigenvalue weighted by molar-refractivity contribution is -0.0502. The van der Waals surface area contributed by atoms with Crippen LogP contribution in [0.3, 0.4) is 0 Å². The summed E-state index contributed by atoms with van der Waals surface area (Å²) in [5.41, 5.74) is 9.94. The van der Waals surface area contributed by atoms with E-state index in [9.17, 15) is 0 Å². The van der Waals surface area contributed by atoms with Crippen LogP contribution >= 0.6 is 0 Å². The molecule has 2 N–H and O–H groups in total. The topological polar surface area (TPSA) is 88.1 Å². The molecule has 7 heteroatoms. The number of aromatic nitrogens is 4. The van der Waals surface area contributed by atoms with Crippen LogP contribution in [0.4, 0.5) is 5.82 Å². The highest BCUT2D eigenvalue weighted by Crippen LogP contribution is 2.58. The number of pyridine rings is 1. The number of para-hydroxylation sites is 1. The van der Waals surface area contributed by atoms with Gasteiger partial charge in [0.1, 0.15) is 17.3 Å². The van der Waals surface area contributed by atoms with Crippen molar-refractivity contribution >= 4 is 16.7 Å². The number of hydrogen-bond donors (Lipinski definition) is 1. The van der Waals surface area contributed by atoms with E-state index < -0.39 is 0 Å². The second-order valence-electron chi connectivity index (χ2n) is 13.3. The molecule has 1 saturated heterocycles. The normalized spacial score (nSPS) is 28.2. The number of nitrogens with two attached hydrogens (primary N) is 1. The number of rotatable bonds is 7. The van der Waals surface area contributed by atoms with Crippen LogP contribution in [-0.4, -0.2) is 33.2 Å². The zero-order valence-electron chi connectivity index (χ0n) is 23.6. The maximum absolute atomic E-state index is 6.70. The van der Waals surface area contributed by atoms with Crippen LogP contribution in [0.15, 0.2) is 60.8 Å².